The summed E-state index contributed by atoms with van der Waals surface area (Å²) in [5, 5.41) is 2.23. The molecule has 4 heteroatoms. The van der Waals surface area contributed by atoms with Crippen molar-refractivity contribution >= 4 is 11.3 Å². The maximum absolute atomic E-state index is 4.10. The lowest BCUT2D eigenvalue weighted by Gasteiger charge is -2.33. The summed E-state index contributed by atoms with van der Waals surface area (Å²) < 4.78 is 2.03. The lowest BCUT2D eigenvalue weighted by atomic mass is 10.0. The highest BCUT2D eigenvalue weighted by Gasteiger charge is 2.24. The predicted molar refractivity (Wildman–Crippen MR) is 90.4 cm³/mol. The van der Waals surface area contributed by atoms with Crippen molar-refractivity contribution in [3.05, 3.63) is 70.4 Å². The van der Waals surface area contributed by atoms with Crippen molar-refractivity contribution in [1.82, 2.24) is 14.5 Å². The Bertz CT molecular complexity index is 743. The lowest BCUT2D eigenvalue weighted by Crippen LogP contribution is -2.32. The maximum atomic E-state index is 4.10. The molecule has 112 valence electrons. The summed E-state index contributed by atoms with van der Waals surface area (Å²) in [5.41, 5.74) is 4.05. The molecule has 3 heterocycles. The first kappa shape index (κ1) is 13.7. The van der Waals surface area contributed by atoms with E-state index in [0.29, 0.717) is 6.04 Å². The average molecular weight is 309 g/mol. The van der Waals surface area contributed by atoms with Gasteiger partial charge in [-0.3, -0.25) is 4.90 Å². The van der Waals surface area contributed by atoms with Gasteiger partial charge in [-0.1, -0.05) is 12.1 Å². The Labute approximate surface area is 134 Å². The van der Waals surface area contributed by atoms with Gasteiger partial charge in [0.25, 0.3) is 0 Å². The first-order chi connectivity index (χ1) is 10.8. The third-order valence-corrected chi connectivity index (χ3v) is 5.52. The monoisotopic (exact) mass is 309 g/mol. The summed E-state index contributed by atoms with van der Waals surface area (Å²) in [5.74, 6) is 0. The van der Waals surface area contributed by atoms with Crippen LogP contribution in [0.25, 0.3) is 5.69 Å². The van der Waals surface area contributed by atoms with Gasteiger partial charge in [-0.15, -0.1) is 11.3 Å². The lowest BCUT2D eigenvalue weighted by molar-refractivity contribution is 0.191. The van der Waals surface area contributed by atoms with E-state index in [2.05, 4.69) is 52.5 Å². The maximum Gasteiger partial charge on any atom is 0.0991 e. The zero-order chi connectivity index (χ0) is 14.9. The Morgan fingerprint density at radius 1 is 1.23 bits per heavy atom. The largest absolute Gasteiger partial charge is 0.306 e. The highest BCUT2D eigenvalue weighted by Crippen LogP contribution is 2.33. The zero-order valence-corrected chi connectivity index (χ0v) is 13.5. The van der Waals surface area contributed by atoms with Gasteiger partial charge in [-0.05, 0) is 48.1 Å². The first-order valence-electron chi connectivity index (χ1n) is 7.69. The van der Waals surface area contributed by atoms with Crippen molar-refractivity contribution in [3.8, 4) is 5.69 Å². The number of hydrogen-bond acceptors (Lipinski definition) is 3. The number of imidazole rings is 1. The molecule has 3 aromatic rings. The molecule has 0 amide bonds. The van der Waals surface area contributed by atoms with Crippen LogP contribution in [0.3, 0.4) is 0 Å². The van der Waals surface area contributed by atoms with Gasteiger partial charge in [0, 0.05) is 42.1 Å². The quantitative estimate of drug-likeness (QED) is 0.727. The highest BCUT2D eigenvalue weighted by atomic mass is 32.1. The molecule has 1 aliphatic rings. The Kier molecular flexibility index (Phi) is 3.56. The number of benzene rings is 1. The van der Waals surface area contributed by atoms with Gasteiger partial charge in [-0.25, -0.2) is 4.98 Å². The Balaban J connectivity index is 1.50. The summed E-state index contributed by atoms with van der Waals surface area (Å²) in [7, 11) is 0. The van der Waals surface area contributed by atoms with Crippen molar-refractivity contribution < 1.29 is 0 Å². The number of aromatic nitrogens is 2. The van der Waals surface area contributed by atoms with Crippen LogP contribution in [0.5, 0.6) is 0 Å². The summed E-state index contributed by atoms with van der Waals surface area (Å²) in [6.07, 6.45) is 6.80. The Morgan fingerprint density at radius 2 is 2.09 bits per heavy atom. The van der Waals surface area contributed by atoms with Crippen molar-refractivity contribution in [1.29, 1.82) is 0 Å². The molecule has 4 rings (SSSR count). The molecule has 0 unspecified atom stereocenters. The van der Waals surface area contributed by atoms with Gasteiger partial charge in [-0.2, -0.15) is 0 Å². The molecule has 22 heavy (non-hydrogen) atoms. The van der Waals surface area contributed by atoms with Gasteiger partial charge in [0.05, 0.1) is 6.33 Å². The van der Waals surface area contributed by atoms with E-state index < -0.39 is 0 Å². The van der Waals surface area contributed by atoms with Gasteiger partial charge in [0.1, 0.15) is 0 Å². The van der Waals surface area contributed by atoms with Crippen LogP contribution in [0.2, 0.25) is 0 Å². The van der Waals surface area contributed by atoms with E-state index in [1.165, 1.54) is 17.5 Å². The minimum Gasteiger partial charge on any atom is -0.306 e. The SMILES string of the molecule is C[C@@H]1c2ccsc2CCN1Cc1ccc(-n2ccnc2)cc1. The summed E-state index contributed by atoms with van der Waals surface area (Å²) >= 11 is 1.90. The topological polar surface area (TPSA) is 21.1 Å². The summed E-state index contributed by atoms with van der Waals surface area (Å²) in [4.78, 5) is 8.24. The smallest absolute Gasteiger partial charge is 0.0991 e. The molecule has 0 saturated carbocycles. The molecule has 0 radical (unpaired) electrons. The zero-order valence-electron chi connectivity index (χ0n) is 12.6. The molecule has 0 N–H and O–H groups in total. The second-order valence-electron chi connectivity index (χ2n) is 5.83. The van der Waals surface area contributed by atoms with Crippen LogP contribution >= 0.6 is 11.3 Å². The number of thiophene rings is 1. The van der Waals surface area contributed by atoms with Crippen LogP contribution in [-0.2, 0) is 13.0 Å². The summed E-state index contributed by atoms with van der Waals surface area (Å²) in [6, 6.07) is 11.6. The molecule has 0 bridgehead atoms. The molecule has 0 fully saturated rings. The Hall–Kier alpha value is -1.91. The second kappa shape index (κ2) is 5.71. The first-order valence-corrected chi connectivity index (χ1v) is 8.57. The minimum atomic E-state index is 0.517. The Morgan fingerprint density at radius 3 is 2.86 bits per heavy atom. The van der Waals surface area contributed by atoms with E-state index >= 15 is 0 Å². The number of fused-ring (bicyclic) bond motifs is 1. The van der Waals surface area contributed by atoms with Crippen LogP contribution in [0.1, 0.15) is 29.0 Å². The van der Waals surface area contributed by atoms with Crippen molar-refractivity contribution in [3.63, 3.8) is 0 Å². The molecule has 0 saturated heterocycles. The van der Waals surface area contributed by atoms with E-state index in [4.69, 9.17) is 0 Å². The molecule has 1 aliphatic heterocycles. The molecule has 1 atom stereocenters. The van der Waals surface area contributed by atoms with Gasteiger partial charge in [0.15, 0.2) is 0 Å². The molecular weight excluding hydrogens is 290 g/mol. The van der Waals surface area contributed by atoms with E-state index in [0.717, 1.165) is 18.8 Å². The molecule has 1 aromatic carbocycles. The van der Waals surface area contributed by atoms with Gasteiger partial charge < -0.3 is 4.57 Å². The predicted octanol–water partition coefficient (Wildman–Crippen LogP) is 4.05. The van der Waals surface area contributed by atoms with E-state index in [9.17, 15) is 0 Å². The standard InChI is InChI=1S/C18H19N3S/c1-14-17-7-11-22-18(17)6-9-20(14)12-15-2-4-16(5-3-15)21-10-8-19-13-21/h2-5,7-8,10-11,13-14H,6,9,12H2,1H3/t14-/m1/s1. The molecule has 2 aromatic heterocycles. The van der Waals surface area contributed by atoms with Gasteiger partial charge in [0.2, 0.25) is 0 Å². The second-order valence-corrected chi connectivity index (χ2v) is 6.83. The van der Waals surface area contributed by atoms with E-state index in [1.54, 1.807) is 4.88 Å². The highest BCUT2D eigenvalue weighted by molar-refractivity contribution is 7.10. The van der Waals surface area contributed by atoms with Crippen LogP contribution in [-0.4, -0.2) is 21.0 Å². The minimum absolute atomic E-state index is 0.517. The summed E-state index contributed by atoms with van der Waals surface area (Å²) in [6.45, 7) is 4.49. The fraction of sp³-hybridized carbons (Fsp3) is 0.278. The van der Waals surface area contributed by atoms with Crippen LogP contribution < -0.4 is 0 Å². The van der Waals surface area contributed by atoms with E-state index in [-0.39, 0.29) is 0 Å². The number of nitrogens with zero attached hydrogens (tertiary/aromatic N) is 3. The van der Waals surface area contributed by atoms with Crippen molar-refractivity contribution in [2.45, 2.75) is 25.9 Å². The fourth-order valence-corrected chi connectivity index (χ4v) is 4.16. The third-order valence-electron chi connectivity index (χ3n) is 4.53. The van der Waals surface area contributed by atoms with Crippen LogP contribution in [0.4, 0.5) is 0 Å². The van der Waals surface area contributed by atoms with Gasteiger partial charge >= 0.3 is 0 Å². The normalized spacial score (nSPS) is 18.3. The van der Waals surface area contributed by atoms with Crippen LogP contribution in [0, 0.1) is 0 Å². The number of hydrogen-bond donors (Lipinski definition) is 0. The van der Waals surface area contributed by atoms with Crippen molar-refractivity contribution in [2.75, 3.05) is 6.54 Å². The molecule has 0 spiro atoms. The average Bonchev–Trinajstić information content (AvgIpc) is 3.22. The van der Waals surface area contributed by atoms with Crippen molar-refractivity contribution in [2.24, 2.45) is 0 Å². The molecule has 0 aliphatic carbocycles. The molecular formula is C18H19N3S. The van der Waals surface area contributed by atoms with E-state index in [1.807, 2.05) is 34.6 Å². The van der Waals surface area contributed by atoms with Crippen LogP contribution in [0.15, 0.2) is 54.4 Å². The third kappa shape index (κ3) is 2.49. The fourth-order valence-electron chi connectivity index (χ4n) is 3.20. The number of rotatable bonds is 3. The molecule has 3 nitrogen and oxygen atoms in total.